The summed E-state index contributed by atoms with van der Waals surface area (Å²) in [6.07, 6.45) is 1.04. The Hall–Kier alpha value is -1.68. The molecule has 0 aliphatic heterocycles. The van der Waals surface area contributed by atoms with Gasteiger partial charge in [-0.1, -0.05) is 19.1 Å². The Morgan fingerprint density at radius 2 is 1.94 bits per heavy atom. The molecule has 0 aliphatic rings. The van der Waals surface area contributed by atoms with Gasteiger partial charge in [0.05, 0.1) is 6.54 Å². The maximum Gasteiger partial charge on any atom is 0.164 e. The van der Waals surface area contributed by atoms with Crippen LogP contribution in [0.25, 0.3) is 11.4 Å². The van der Waals surface area contributed by atoms with Crippen molar-refractivity contribution in [1.82, 2.24) is 14.8 Å². The third-order valence-corrected chi connectivity index (χ3v) is 3.22. The molecule has 2 N–H and O–H groups in total. The smallest absolute Gasteiger partial charge is 0.164 e. The molecule has 0 fully saturated rings. The zero-order chi connectivity index (χ0) is 13.1. The number of hydrogen-bond acceptors (Lipinski definition) is 3. The third-order valence-electron chi connectivity index (χ3n) is 3.22. The Morgan fingerprint density at radius 3 is 2.56 bits per heavy atom. The quantitative estimate of drug-likeness (QED) is 0.898. The lowest BCUT2D eigenvalue weighted by molar-refractivity contribution is 0.644. The number of aryl methyl sites for hydroxylation is 2. The van der Waals surface area contributed by atoms with Crippen LogP contribution in [0, 0.1) is 13.8 Å². The summed E-state index contributed by atoms with van der Waals surface area (Å²) < 4.78 is 2.12. The topological polar surface area (TPSA) is 56.7 Å². The summed E-state index contributed by atoms with van der Waals surface area (Å²) in [5.41, 5.74) is 9.38. The SMILES string of the molecule is CCCn1c(CN)nnc1-c1ccc(C)c(C)c1. The highest BCUT2D eigenvalue weighted by Gasteiger charge is 2.12. The van der Waals surface area contributed by atoms with E-state index >= 15 is 0 Å². The zero-order valence-corrected chi connectivity index (χ0v) is 11.3. The van der Waals surface area contributed by atoms with E-state index in [1.54, 1.807) is 0 Å². The van der Waals surface area contributed by atoms with Crippen LogP contribution in [-0.2, 0) is 13.1 Å². The number of nitrogens with zero attached hydrogens (tertiary/aromatic N) is 3. The second-order valence-corrected chi connectivity index (χ2v) is 4.59. The van der Waals surface area contributed by atoms with Crippen LogP contribution in [0.5, 0.6) is 0 Å². The fourth-order valence-corrected chi connectivity index (χ4v) is 2.04. The molecular weight excluding hydrogens is 224 g/mol. The van der Waals surface area contributed by atoms with Gasteiger partial charge in [0.1, 0.15) is 5.82 Å². The standard InChI is InChI=1S/C14H20N4/c1-4-7-18-13(9-15)16-17-14(18)12-6-5-10(2)11(3)8-12/h5-6,8H,4,7,9,15H2,1-3H3. The van der Waals surface area contributed by atoms with Gasteiger partial charge in [-0.15, -0.1) is 10.2 Å². The molecule has 1 aromatic heterocycles. The number of aromatic nitrogens is 3. The van der Waals surface area contributed by atoms with Crippen LogP contribution in [0.3, 0.4) is 0 Å². The third kappa shape index (κ3) is 2.29. The van der Waals surface area contributed by atoms with Gasteiger partial charge >= 0.3 is 0 Å². The molecule has 18 heavy (non-hydrogen) atoms. The van der Waals surface area contributed by atoms with Crippen LogP contribution < -0.4 is 5.73 Å². The van der Waals surface area contributed by atoms with Crippen molar-refractivity contribution < 1.29 is 0 Å². The van der Waals surface area contributed by atoms with Gasteiger partial charge in [0.15, 0.2) is 5.82 Å². The van der Waals surface area contributed by atoms with Gasteiger partial charge in [-0.25, -0.2) is 0 Å². The number of nitrogens with two attached hydrogens (primary N) is 1. The second-order valence-electron chi connectivity index (χ2n) is 4.59. The number of rotatable bonds is 4. The molecule has 0 atom stereocenters. The molecule has 96 valence electrons. The lowest BCUT2D eigenvalue weighted by Crippen LogP contribution is -2.09. The fraction of sp³-hybridized carbons (Fsp3) is 0.429. The van der Waals surface area contributed by atoms with E-state index in [-0.39, 0.29) is 0 Å². The first-order valence-corrected chi connectivity index (χ1v) is 6.37. The average Bonchev–Trinajstić information content (AvgIpc) is 2.76. The largest absolute Gasteiger partial charge is 0.324 e. The van der Waals surface area contributed by atoms with Crippen molar-refractivity contribution in [2.75, 3.05) is 0 Å². The van der Waals surface area contributed by atoms with Gasteiger partial charge in [-0.3, -0.25) is 0 Å². The van der Waals surface area contributed by atoms with E-state index in [1.807, 2.05) is 0 Å². The van der Waals surface area contributed by atoms with Crippen LogP contribution in [0.15, 0.2) is 18.2 Å². The summed E-state index contributed by atoms with van der Waals surface area (Å²) in [5.74, 6) is 1.77. The van der Waals surface area contributed by atoms with Crippen LogP contribution in [0.4, 0.5) is 0 Å². The summed E-state index contributed by atoms with van der Waals surface area (Å²) >= 11 is 0. The Labute approximate surface area is 108 Å². The van der Waals surface area contributed by atoms with Gasteiger partial charge in [0.2, 0.25) is 0 Å². The van der Waals surface area contributed by atoms with Crippen molar-refractivity contribution in [3.05, 3.63) is 35.2 Å². The summed E-state index contributed by atoms with van der Waals surface area (Å²) in [6.45, 7) is 7.70. The van der Waals surface area contributed by atoms with Crippen molar-refractivity contribution in [2.24, 2.45) is 5.73 Å². The van der Waals surface area contributed by atoms with E-state index in [0.717, 1.165) is 30.2 Å². The predicted octanol–water partition coefficient (Wildman–Crippen LogP) is 2.43. The molecule has 1 heterocycles. The van der Waals surface area contributed by atoms with E-state index in [0.29, 0.717) is 6.54 Å². The predicted molar refractivity (Wildman–Crippen MR) is 73.1 cm³/mol. The number of hydrogen-bond donors (Lipinski definition) is 1. The van der Waals surface area contributed by atoms with Gasteiger partial charge in [-0.2, -0.15) is 0 Å². The highest BCUT2D eigenvalue weighted by Crippen LogP contribution is 2.21. The van der Waals surface area contributed by atoms with Gasteiger partial charge < -0.3 is 10.3 Å². The molecule has 0 saturated carbocycles. The van der Waals surface area contributed by atoms with Crippen LogP contribution in [-0.4, -0.2) is 14.8 Å². The normalized spacial score (nSPS) is 10.9. The monoisotopic (exact) mass is 244 g/mol. The summed E-state index contributed by atoms with van der Waals surface area (Å²) in [5, 5.41) is 8.45. The van der Waals surface area contributed by atoms with Crippen LogP contribution >= 0.6 is 0 Å². The lowest BCUT2D eigenvalue weighted by Gasteiger charge is -2.09. The molecule has 2 aromatic rings. The molecule has 1 aromatic carbocycles. The Kier molecular flexibility index (Phi) is 3.77. The zero-order valence-electron chi connectivity index (χ0n) is 11.3. The van der Waals surface area contributed by atoms with E-state index in [2.05, 4.69) is 53.7 Å². The molecule has 0 amide bonds. The molecule has 4 heteroatoms. The van der Waals surface area contributed by atoms with E-state index < -0.39 is 0 Å². The minimum absolute atomic E-state index is 0.428. The highest BCUT2D eigenvalue weighted by molar-refractivity contribution is 5.57. The van der Waals surface area contributed by atoms with Gasteiger partial charge in [0, 0.05) is 12.1 Å². The van der Waals surface area contributed by atoms with Crippen molar-refractivity contribution in [3.63, 3.8) is 0 Å². The maximum absolute atomic E-state index is 5.70. The van der Waals surface area contributed by atoms with E-state index in [4.69, 9.17) is 5.73 Å². The molecule has 0 bridgehead atoms. The first-order valence-electron chi connectivity index (χ1n) is 6.37. The van der Waals surface area contributed by atoms with Crippen LogP contribution in [0.2, 0.25) is 0 Å². The van der Waals surface area contributed by atoms with Gasteiger partial charge in [-0.05, 0) is 37.5 Å². The second kappa shape index (κ2) is 5.31. The van der Waals surface area contributed by atoms with Crippen molar-refractivity contribution in [1.29, 1.82) is 0 Å². The van der Waals surface area contributed by atoms with Crippen LogP contribution in [0.1, 0.15) is 30.3 Å². The molecule has 0 saturated heterocycles. The van der Waals surface area contributed by atoms with E-state index in [1.165, 1.54) is 11.1 Å². The Bertz CT molecular complexity index is 543. The molecule has 4 nitrogen and oxygen atoms in total. The molecule has 0 unspecified atom stereocenters. The minimum atomic E-state index is 0.428. The van der Waals surface area contributed by atoms with Crippen molar-refractivity contribution >= 4 is 0 Å². The maximum atomic E-state index is 5.70. The highest BCUT2D eigenvalue weighted by atomic mass is 15.3. The summed E-state index contributed by atoms with van der Waals surface area (Å²) in [6, 6.07) is 6.38. The Balaban J connectivity index is 2.49. The summed E-state index contributed by atoms with van der Waals surface area (Å²) in [7, 11) is 0. The molecular formula is C14H20N4. The lowest BCUT2D eigenvalue weighted by atomic mass is 10.1. The van der Waals surface area contributed by atoms with Crippen molar-refractivity contribution in [2.45, 2.75) is 40.3 Å². The average molecular weight is 244 g/mol. The molecule has 0 spiro atoms. The first-order chi connectivity index (χ1) is 8.67. The molecule has 0 aliphatic carbocycles. The summed E-state index contributed by atoms with van der Waals surface area (Å²) in [4.78, 5) is 0. The fourth-order valence-electron chi connectivity index (χ4n) is 2.04. The van der Waals surface area contributed by atoms with E-state index in [9.17, 15) is 0 Å². The Morgan fingerprint density at radius 1 is 1.17 bits per heavy atom. The first kappa shape index (κ1) is 12.8. The number of benzene rings is 1. The molecule has 0 radical (unpaired) electrons. The minimum Gasteiger partial charge on any atom is -0.324 e. The van der Waals surface area contributed by atoms with Gasteiger partial charge in [0.25, 0.3) is 0 Å². The molecule has 2 rings (SSSR count). The van der Waals surface area contributed by atoms with Crippen molar-refractivity contribution in [3.8, 4) is 11.4 Å².